The van der Waals surface area contributed by atoms with Crippen LogP contribution in [-0.4, -0.2) is 65.5 Å². The molecule has 1 aromatic carbocycles. The minimum atomic E-state index is -3.77. The summed E-state index contributed by atoms with van der Waals surface area (Å²) in [6, 6.07) is 5.51. The first kappa shape index (κ1) is 19.2. The van der Waals surface area contributed by atoms with Crippen LogP contribution in [-0.2, 0) is 21.4 Å². The third-order valence-corrected chi connectivity index (χ3v) is 7.28. The molecule has 0 radical (unpaired) electrons. The quantitative estimate of drug-likeness (QED) is 0.782. The molecule has 2 saturated heterocycles. The van der Waals surface area contributed by atoms with Crippen LogP contribution in [0.2, 0.25) is 0 Å². The lowest BCUT2D eigenvalue weighted by Crippen LogP contribution is -2.60. The molecular weight excluding hydrogens is 363 g/mol. The van der Waals surface area contributed by atoms with Crippen molar-refractivity contribution in [3.8, 4) is 0 Å². The Balaban J connectivity index is 1.91. The van der Waals surface area contributed by atoms with E-state index >= 15 is 0 Å². The molecule has 7 nitrogen and oxygen atoms in total. The van der Waals surface area contributed by atoms with Crippen molar-refractivity contribution >= 4 is 16.2 Å². The zero-order valence-corrected chi connectivity index (χ0v) is 15.2. The topological polar surface area (TPSA) is 98.2 Å². The van der Waals surface area contributed by atoms with Gasteiger partial charge >= 0.3 is 5.97 Å². The van der Waals surface area contributed by atoms with E-state index in [1.807, 2.05) is 0 Å². The number of rotatable bonds is 5. The number of carbonyl (C=O) groups is 1. The second kappa shape index (κ2) is 7.22. The maximum absolute atomic E-state index is 13.5. The lowest BCUT2D eigenvalue weighted by atomic mass is 9.73. The maximum Gasteiger partial charge on any atom is 0.313 e. The van der Waals surface area contributed by atoms with Crippen molar-refractivity contribution < 1.29 is 27.8 Å². The molecule has 26 heavy (non-hydrogen) atoms. The fraction of sp³-hybridized carbons (Fsp3) is 0.588. The highest BCUT2D eigenvalue weighted by atomic mass is 32.2. The van der Waals surface area contributed by atoms with Gasteiger partial charge in [-0.25, -0.2) is 4.39 Å². The van der Waals surface area contributed by atoms with Gasteiger partial charge in [0.2, 0.25) is 0 Å². The van der Waals surface area contributed by atoms with E-state index in [0.717, 1.165) is 17.1 Å². The van der Waals surface area contributed by atoms with Crippen LogP contribution < -0.4 is 0 Å². The minimum Gasteiger partial charge on any atom is -0.481 e. The Kier molecular flexibility index (Phi) is 5.34. The fourth-order valence-electron chi connectivity index (χ4n) is 3.79. The number of aliphatic hydroxyl groups is 1. The molecule has 3 rings (SSSR count). The summed E-state index contributed by atoms with van der Waals surface area (Å²) >= 11 is 0. The molecule has 0 amide bonds. The Bertz CT molecular complexity index is 781. The van der Waals surface area contributed by atoms with Crippen LogP contribution in [0.4, 0.5) is 4.39 Å². The standard InChI is InChI=1S/C17H23FN2O5S/c18-14-5-3-4-13(10-14)11-17(16(22)23)12-20(9-6-15(17)21)26(24,25)19-7-1-2-8-19/h3-5,10,15,21H,1-2,6-9,11-12H2,(H,22,23)/t15-,17-/m1/s1. The van der Waals surface area contributed by atoms with Crippen LogP contribution in [0.1, 0.15) is 24.8 Å². The molecule has 0 saturated carbocycles. The summed E-state index contributed by atoms with van der Waals surface area (Å²) in [4.78, 5) is 12.1. The molecule has 0 aromatic heterocycles. The van der Waals surface area contributed by atoms with Crippen LogP contribution in [0.5, 0.6) is 0 Å². The van der Waals surface area contributed by atoms with Gasteiger partial charge in [0.05, 0.1) is 6.10 Å². The van der Waals surface area contributed by atoms with Crippen molar-refractivity contribution in [1.82, 2.24) is 8.61 Å². The highest BCUT2D eigenvalue weighted by Crippen LogP contribution is 2.36. The van der Waals surface area contributed by atoms with Crippen molar-refractivity contribution in [3.05, 3.63) is 35.6 Å². The number of halogens is 1. The first-order chi connectivity index (χ1) is 12.3. The van der Waals surface area contributed by atoms with Gasteiger partial charge in [0.1, 0.15) is 11.2 Å². The number of aliphatic carboxylic acids is 1. The normalized spacial score (nSPS) is 28.3. The Morgan fingerprint density at radius 2 is 1.92 bits per heavy atom. The molecule has 144 valence electrons. The smallest absolute Gasteiger partial charge is 0.313 e. The van der Waals surface area contributed by atoms with Crippen molar-refractivity contribution in [2.75, 3.05) is 26.2 Å². The van der Waals surface area contributed by atoms with Crippen molar-refractivity contribution in [3.63, 3.8) is 0 Å². The molecular formula is C17H23FN2O5S. The Labute approximate surface area is 152 Å². The summed E-state index contributed by atoms with van der Waals surface area (Å²) in [7, 11) is -3.77. The maximum atomic E-state index is 13.5. The molecule has 2 N–H and O–H groups in total. The van der Waals surface area contributed by atoms with Gasteiger partial charge in [-0.3, -0.25) is 4.79 Å². The first-order valence-electron chi connectivity index (χ1n) is 8.67. The SMILES string of the molecule is O=C(O)[C@]1(Cc2cccc(F)c2)CN(S(=O)(=O)N2CCCC2)CC[C@H]1O. The molecule has 2 heterocycles. The van der Waals surface area contributed by atoms with Crippen LogP contribution in [0.15, 0.2) is 24.3 Å². The van der Waals surface area contributed by atoms with Crippen molar-refractivity contribution in [2.24, 2.45) is 5.41 Å². The third kappa shape index (κ3) is 3.48. The summed E-state index contributed by atoms with van der Waals surface area (Å²) in [6.07, 6.45) is 0.224. The molecule has 0 spiro atoms. The number of benzene rings is 1. The number of carboxylic acid groups (broad SMARTS) is 1. The Morgan fingerprint density at radius 1 is 1.23 bits per heavy atom. The number of hydrogen-bond donors (Lipinski definition) is 2. The Morgan fingerprint density at radius 3 is 2.54 bits per heavy atom. The van der Waals surface area contributed by atoms with Crippen LogP contribution in [0, 0.1) is 11.2 Å². The van der Waals surface area contributed by atoms with Gasteiger partial charge in [0.25, 0.3) is 10.2 Å². The van der Waals surface area contributed by atoms with E-state index in [0.29, 0.717) is 18.7 Å². The van der Waals surface area contributed by atoms with Crippen molar-refractivity contribution in [2.45, 2.75) is 31.8 Å². The summed E-state index contributed by atoms with van der Waals surface area (Å²) in [5, 5.41) is 20.3. The second-order valence-electron chi connectivity index (χ2n) is 7.02. The van der Waals surface area contributed by atoms with Gasteiger partial charge in [-0.15, -0.1) is 0 Å². The highest BCUT2D eigenvalue weighted by molar-refractivity contribution is 7.86. The lowest BCUT2D eigenvalue weighted by Gasteiger charge is -2.43. The zero-order chi connectivity index (χ0) is 18.9. The predicted molar refractivity (Wildman–Crippen MR) is 92.1 cm³/mol. The monoisotopic (exact) mass is 386 g/mol. The number of hydrogen-bond acceptors (Lipinski definition) is 4. The molecule has 0 unspecified atom stereocenters. The fourth-order valence-corrected chi connectivity index (χ4v) is 5.57. The summed E-state index contributed by atoms with van der Waals surface area (Å²) in [6.45, 7) is 0.577. The van der Waals surface area contributed by atoms with Gasteiger partial charge in [-0.05, 0) is 43.4 Å². The molecule has 2 aliphatic rings. The van der Waals surface area contributed by atoms with Gasteiger partial charge in [-0.2, -0.15) is 17.0 Å². The number of aliphatic hydroxyl groups excluding tert-OH is 1. The molecule has 0 aliphatic carbocycles. The predicted octanol–water partition coefficient (Wildman–Crippen LogP) is 0.846. The molecule has 0 bridgehead atoms. The van der Waals surface area contributed by atoms with Crippen LogP contribution >= 0.6 is 0 Å². The molecule has 2 atom stereocenters. The van der Waals surface area contributed by atoms with E-state index in [1.54, 1.807) is 6.07 Å². The van der Waals surface area contributed by atoms with Gasteiger partial charge in [0, 0.05) is 26.2 Å². The minimum absolute atomic E-state index is 0.0225. The summed E-state index contributed by atoms with van der Waals surface area (Å²) in [5.74, 6) is -1.79. The van der Waals surface area contributed by atoms with Crippen LogP contribution in [0.3, 0.4) is 0 Å². The van der Waals surface area contributed by atoms with E-state index in [-0.39, 0.29) is 25.9 Å². The van der Waals surface area contributed by atoms with Crippen molar-refractivity contribution in [1.29, 1.82) is 0 Å². The second-order valence-corrected chi connectivity index (χ2v) is 8.95. The average molecular weight is 386 g/mol. The highest BCUT2D eigenvalue weighted by Gasteiger charge is 2.52. The van der Waals surface area contributed by atoms with E-state index in [9.17, 15) is 27.8 Å². The molecule has 2 aliphatic heterocycles. The van der Waals surface area contributed by atoms with Gasteiger partial charge < -0.3 is 10.2 Å². The largest absolute Gasteiger partial charge is 0.481 e. The number of carboxylic acids is 1. The molecule has 2 fully saturated rings. The average Bonchev–Trinajstić information content (AvgIpc) is 3.12. The van der Waals surface area contributed by atoms with E-state index < -0.39 is 33.5 Å². The Hall–Kier alpha value is -1.55. The number of nitrogens with zero attached hydrogens (tertiary/aromatic N) is 2. The summed E-state index contributed by atoms with van der Waals surface area (Å²) < 4.78 is 41.7. The summed E-state index contributed by atoms with van der Waals surface area (Å²) in [5.41, 5.74) is -1.30. The zero-order valence-electron chi connectivity index (χ0n) is 14.3. The van der Waals surface area contributed by atoms with Gasteiger partial charge in [0.15, 0.2) is 0 Å². The molecule has 1 aromatic rings. The van der Waals surface area contributed by atoms with E-state index in [2.05, 4.69) is 0 Å². The third-order valence-electron chi connectivity index (χ3n) is 5.30. The lowest BCUT2D eigenvalue weighted by molar-refractivity contribution is -0.160. The van der Waals surface area contributed by atoms with Gasteiger partial charge in [-0.1, -0.05) is 12.1 Å². The van der Waals surface area contributed by atoms with E-state index in [4.69, 9.17) is 0 Å². The van der Waals surface area contributed by atoms with E-state index in [1.165, 1.54) is 22.5 Å². The molecule has 9 heteroatoms. The van der Waals surface area contributed by atoms with Crippen LogP contribution in [0.25, 0.3) is 0 Å². The first-order valence-corrected chi connectivity index (χ1v) is 10.1. The number of piperidine rings is 1.